The fourth-order valence-corrected chi connectivity index (χ4v) is 3.31. The Kier molecular flexibility index (Phi) is 4.60. The van der Waals surface area contributed by atoms with Crippen LogP contribution in [0.2, 0.25) is 0 Å². The summed E-state index contributed by atoms with van der Waals surface area (Å²) in [4.78, 5) is 29.2. The second-order valence-corrected chi connectivity index (χ2v) is 6.81. The van der Waals surface area contributed by atoms with E-state index in [-0.39, 0.29) is 0 Å². The summed E-state index contributed by atoms with van der Waals surface area (Å²) >= 11 is 0. The van der Waals surface area contributed by atoms with Crippen LogP contribution in [0.1, 0.15) is 12.5 Å². The standard InChI is InChI=1S/C22H17N9/c1-13(10-24-12-23-2)14-9-15-18(30-31-21(15)27-11-14)22-28-17-6-8-26-19(20(17)29-22)16-5-3-4-7-25-16/h3-12H,2H2,1H3,(H,28,29)(H,27,30,31)/b13-10+,24-12?. The minimum atomic E-state index is 0.603. The third-order valence-electron chi connectivity index (χ3n) is 4.83. The van der Waals surface area contributed by atoms with Crippen molar-refractivity contribution in [2.24, 2.45) is 9.98 Å². The molecule has 0 unspecified atom stereocenters. The number of fused-ring (bicyclic) bond motifs is 2. The summed E-state index contributed by atoms with van der Waals surface area (Å²) in [6, 6.07) is 9.61. The first-order valence-electron chi connectivity index (χ1n) is 9.50. The zero-order chi connectivity index (χ0) is 21.2. The number of rotatable bonds is 5. The smallest absolute Gasteiger partial charge is 0.181 e. The number of allylic oxidation sites excluding steroid dienone is 1. The maximum absolute atomic E-state index is 4.80. The van der Waals surface area contributed by atoms with Crippen molar-refractivity contribution in [1.29, 1.82) is 0 Å². The van der Waals surface area contributed by atoms with Gasteiger partial charge in [-0.2, -0.15) is 5.10 Å². The van der Waals surface area contributed by atoms with Crippen LogP contribution in [0, 0.1) is 0 Å². The van der Waals surface area contributed by atoms with E-state index >= 15 is 0 Å². The Morgan fingerprint density at radius 1 is 1.13 bits per heavy atom. The fraction of sp³-hybridized carbons (Fsp3) is 0.0455. The summed E-state index contributed by atoms with van der Waals surface area (Å²) in [5, 5.41) is 8.23. The molecule has 5 rings (SSSR count). The molecule has 5 aromatic rings. The predicted octanol–water partition coefficient (Wildman–Crippen LogP) is 4.05. The highest BCUT2D eigenvalue weighted by molar-refractivity contribution is 5.95. The van der Waals surface area contributed by atoms with Crippen molar-refractivity contribution in [3.63, 3.8) is 0 Å². The number of imidazole rings is 1. The van der Waals surface area contributed by atoms with Crippen molar-refractivity contribution < 1.29 is 0 Å². The molecule has 5 aromatic heterocycles. The number of hydrogen-bond acceptors (Lipinski definition) is 6. The molecule has 150 valence electrons. The van der Waals surface area contributed by atoms with Crippen LogP contribution in [0.15, 0.2) is 65.1 Å². The van der Waals surface area contributed by atoms with E-state index in [0.717, 1.165) is 44.6 Å². The van der Waals surface area contributed by atoms with E-state index in [0.29, 0.717) is 11.5 Å². The summed E-state index contributed by atoms with van der Waals surface area (Å²) in [5.41, 5.74) is 6.29. The van der Waals surface area contributed by atoms with Crippen LogP contribution in [-0.4, -0.2) is 48.2 Å². The molecule has 0 aliphatic heterocycles. The molecule has 0 radical (unpaired) electrons. The number of aliphatic imine (C=N–C) groups is 2. The molecule has 9 nitrogen and oxygen atoms in total. The molecular formula is C22H17N9. The minimum Gasteiger partial charge on any atom is -0.337 e. The quantitative estimate of drug-likeness (QED) is 0.336. The fourth-order valence-electron chi connectivity index (χ4n) is 3.31. The molecule has 0 aromatic carbocycles. The van der Waals surface area contributed by atoms with E-state index in [1.165, 1.54) is 6.34 Å². The van der Waals surface area contributed by atoms with Crippen LogP contribution in [0.3, 0.4) is 0 Å². The summed E-state index contributed by atoms with van der Waals surface area (Å²) in [7, 11) is 0. The van der Waals surface area contributed by atoms with Gasteiger partial charge in [-0.3, -0.25) is 20.1 Å². The van der Waals surface area contributed by atoms with Gasteiger partial charge in [-0.1, -0.05) is 6.07 Å². The molecule has 0 bridgehead atoms. The second kappa shape index (κ2) is 7.71. The van der Waals surface area contributed by atoms with Crippen LogP contribution in [-0.2, 0) is 0 Å². The molecule has 0 aliphatic carbocycles. The van der Waals surface area contributed by atoms with Gasteiger partial charge in [0.1, 0.15) is 23.2 Å². The van der Waals surface area contributed by atoms with E-state index in [2.05, 4.69) is 46.8 Å². The largest absolute Gasteiger partial charge is 0.337 e. The number of nitrogens with zero attached hydrogens (tertiary/aromatic N) is 7. The Morgan fingerprint density at radius 2 is 2.06 bits per heavy atom. The van der Waals surface area contributed by atoms with Crippen LogP contribution in [0.4, 0.5) is 0 Å². The SMILES string of the molecule is C=NC=N/C=C(\C)c1cnc2n[nH]c(-c3nc4c(-c5ccccn5)nccc4[nH]3)c2c1. The summed E-state index contributed by atoms with van der Waals surface area (Å²) in [6.45, 7) is 5.33. The summed E-state index contributed by atoms with van der Waals surface area (Å²) in [5.74, 6) is 0.650. The molecule has 0 fully saturated rings. The number of hydrogen-bond donors (Lipinski definition) is 2. The Hall–Kier alpha value is -4.53. The lowest BCUT2D eigenvalue weighted by molar-refractivity contribution is 1.09. The highest BCUT2D eigenvalue weighted by Gasteiger charge is 2.16. The van der Waals surface area contributed by atoms with Gasteiger partial charge in [0.05, 0.1) is 16.6 Å². The third kappa shape index (κ3) is 3.38. The molecule has 0 saturated carbocycles. The normalized spacial score (nSPS) is 12.2. The molecule has 9 heteroatoms. The Balaban J connectivity index is 1.63. The number of pyridine rings is 3. The molecule has 31 heavy (non-hydrogen) atoms. The lowest BCUT2D eigenvalue weighted by Gasteiger charge is -2.00. The first-order chi connectivity index (χ1) is 15.2. The Bertz CT molecular complexity index is 1460. The van der Waals surface area contributed by atoms with Crippen molar-refractivity contribution in [2.45, 2.75) is 6.92 Å². The van der Waals surface area contributed by atoms with Crippen LogP contribution >= 0.6 is 0 Å². The van der Waals surface area contributed by atoms with Crippen molar-refractivity contribution >= 4 is 40.7 Å². The first kappa shape index (κ1) is 18.5. The average molecular weight is 407 g/mol. The van der Waals surface area contributed by atoms with Gasteiger partial charge in [-0.05, 0) is 49.0 Å². The van der Waals surface area contributed by atoms with Gasteiger partial charge in [0.15, 0.2) is 11.5 Å². The van der Waals surface area contributed by atoms with Crippen LogP contribution < -0.4 is 0 Å². The maximum Gasteiger partial charge on any atom is 0.181 e. The van der Waals surface area contributed by atoms with E-state index in [4.69, 9.17) is 4.98 Å². The van der Waals surface area contributed by atoms with E-state index in [1.54, 1.807) is 24.8 Å². The molecule has 0 atom stereocenters. The first-order valence-corrected chi connectivity index (χ1v) is 9.50. The molecular weight excluding hydrogens is 390 g/mol. The molecule has 0 spiro atoms. The monoisotopic (exact) mass is 407 g/mol. The Morgan fingerprint density at radius 3 is 2.90 bits per heavy atom. The van der Waals surface area contributed by atoms with Gasteiger partial charge < -0.3 is 4.98 Å². The highest BCUT2D eigenvalue weighted by Crippen LogP contribution is 2.30. The van der Waals surface area contributed by atoms with Gasteiger partial charge in [0.2, 0.25) is 0 Å². The van der Waals surface area contributed by atoms with Crippen molar-refractivity contribution in [3.05, 3.63) is 60.7 Å². The summed E-state index contributed by atoms with van der Waals surface area (Å²) in [6.07, 6.45) is 8.34. The van der Waals surface area contributed by atoms with E-state index in [9.17, 15) is 0 Å². The third-order valence-corrected chi connectivity index (χ3v) is 4.83. The molecule has 2 N–H and O–H groups in total. The predicted molar refractivity (Wildman–Crippen MR) is 122 cm³/mol. The minimum absolute atomic E-state index is 0.603. The number of nitrogens with one attached hydrogen (secondary N) is 2. The molecule has 5 heterocycles. The zero-order valence-corrected chi connectivity index (χ0v) is 16.6. The van der Waals surface area contributed by atoms with Gasteiger partial charge >= 0.3 is 0 Å². The van der Waals surface area contributed by atoms with Gasteiger partial charge in [0, 0.05) is 24.8 Å². The average Bonchev–Trinajstić information content (AvgIpc) is 3.43. The zero-order valence-electron chi connectivity index (χ0n) is 16.6. The van der Waals surface area contributed by atoms with Crippen molar-refractivity contribution in [2.75, 3.05) is 0 Å². The highest BCUT2D eigenvalue weighted by atomic mass is 15.2. The number of aromatic nitrogens is 7. The van der Waals surface area contributed by atoms with Crippen molar-refractivity contribution in [3.8, 4) is 22.9 Å². The summed E-state index contributed by atoms with van der Waals surface area (Å²) < 4.78 is 0. The van der Waals surface area contributed by atoms with E-state index in [1.807, 2.05) is 37.3 Å². The maximum atomic E-state index is 4.80. The molecule has 0 saturated heterocycles. The molecule has 0 aliphatic rings. The number of H-pyrrole nitrogens is 2. The topological polar surface area (TPSA) is 121 Å². The van der Waals surface area contributed by atoms with Crippen LogP contribution in [0.25, 0.3) is 50.5 Å². The van der Waals surface area contributed by atoms with Gasteiger partial charge in [-0.15, -0.1) is 0 Å². The molecule has 0 amide bonds. The van der Waals surface area contributed by atoms with Gasteiger partial charge in [0.25, 0.3) is 0 Å². The second-order valence-electron chi connectivity index (χ2n) is 6.81. The van der Waals surface area contributed by atoms with E-state index < -0.39 is 0 Å². The Labute approximate surface area is 176 Å². The lowest BCUT2D eigenvalue weighted by Crippen LogP contribution is -1.88. The number of aromatic amines is 2. The van der Waals surface area contributed by atoms with Crippen molar-refractivity contribution in [1.82, 2.24) is 35.1 Å². The van der Waals surface area contributed by atoms with Crippen LogP contribution in [0.5, 0.6) is 0 Å². The lowest BCUT2D eigenvalue weighted by atomic mass is 10.1. The van der Waals surface area contributed by atoms with Gasteiger partial charge in [-0.25, -0.2) is 15.0 Å².